The Kier molecular flexibility index (Phi) is 5.94. The van der Waals surface area contributed by atoms with Crippen molar-refractivity contribution in [2.45, 2.75) is 40.0 Å². The number of carboxylic acids is 2. The Morgan fingerprint density at radius 2 is 1.62 bits per heavy atom. The van der Waals surface area contributed by atoms with Crippen molar-refractivity contribution in [2.24, 2.45) is 17.3 Å². The van der Waals surface area contributed by atoms with Crippen molar-refractivity contribution in [1.82, 2.24) is 0 Å². The Morgan fingerprint density at radius 3 is 2.00 bits per heavy atom. The molecule has 0 heterocycles. The van der Waals surface area contributed by atoms with Crippen molar-refractivity contribution in [3.63, 3.8) is 0 Å². The van der Waals surface area contributed by atoms with E-state index < -0.39 is 23.3 Å². The lowest BCUT2D eigenvalue weighted by atomic mass is 9.67. The van der Waals surface area contributed by atoms with E-state index in [1.54, 1.807) is 0 Å². The molecule has 1 rings (SSSR count). The zero-order chi connectivity index (χ0) is 16.0. The Labute approximate surface area is 125 Å². The summed E-state index contributed by atoms with van der Waals surface area (Å²) in [6, 6.07) is 9.47. The van der Waals surface area contributed by atoms with Gasteiger partial charge >= 0.3 is 11.9 Å². The summed E-state index contributed by atoms with van der Waals surface area (Å²) in [5, 5.41) is 19.3. The van der Waals surface area contributed by atoms with Crippen LogP contribution in [-0.4, -0.2) is 22.2 Å². The summed E-state index contributed by atoms with van der Waals surface area (Å²) < 4.78 is 0. The maximum atomic E-state index is 11.8. The van der Waals surface area contributed by atoms with Crippen molar-refractivity contribution in [3.8, 4) is 0 Å². The number of benzene rings is 1. The second-order valence-corrected chi connectivity index (χ2v) is 5.97. The quantitative estimate of drug-likeness (QED) is 0.720. The van der Waals surface area contributed by atoms with Gasteiger partial charge in [0.15, 0.2) is 5.41 Å². The van der Waals surface area contributed by atoms with Crippen molar-refractivity contribution < 1.29 is 19.8 Å². The van der Waals surface area contributed by atoms with Gasteiger partial charge in [0.2, 0.25) is 0 Å². The Balaban J connectivity index is 3.19. The first-order chi connectivity index (χ1) is 9.84. The SMILES string of the molecule is CCC(Cc1ccccc1)C(CC(C)C)(C(=O)O)C(=O)O. The van der Waals surface area contributed by atoms with Crippen LogP contribution in [0.2, 0.25) is 0 Å². The molecule has 0 amide bonds. The standard InChI is InChI=1S/C17H24O4/c1-4-14(10-13-8-6-5-7-9-13)17(15(18)19,16(20)21)11-12(2)3/h5-9,12,14H,4,10-11H2,1-3H3,(H,18,19)(H,20,21). The van der Waals surface area contributed by atoms with Crippen LogP contribution in [0.1, 0.15) is 39.2 Å². The fourth-order valence-corrected chi connectivity index (χ4v) is 2.99. The second kappa shape index (κ2) is 7.25. The minimum absolute atomic E-state index is 0.00187. The van der Waals surface area contributed by atoms with Crippen LogP contribution >= 0.6 is 0 Å². The number of carbonyl (C=O) groups is 2. The summed E-state index contributed by atoms with van der Waals surface area (Å²) in [4.78, 5) is 23.6. The van der Waals surface area contributed by atoms with Crippen molar-refractivity contribution in [1.29, 1.82) is 0 Å². The summed E-state index contributed by atoms with van der Waals surface area (Å²) in [6.45, 7) is 5.57. The molecule has 0 spiro atoms. The molecule has 0 radical (unpaired) electrons. The highest BCUT2D eigenvalue weighted by Crippen LogP contribution is 2.39. The summed E-state index contributed by atoms with van der Waals surface area (Å²) in [6.07, 6.45) is 1.12. The predicted molar refractivity (Wildman–Crippen MR) is 81.1 cm³/mol. The van der Waals surface area contributed by atoms with Crippen LogP contribution in [0.5, 0.6) is 0 Å². The molecule has 1 aromatic rings. The monoisotopic (exact) mass is 292 g/mol. The number of hydrogen-bond donors (Lipinski definition) is 2. The largest absolute Gasteiger partial charge is 0.480 e. The molecule has 1 aromatic carbocycles. The van der Waals surface area contributed by atoms with Crippen molar-refractivity contribution >= 4 is 11.9 Å². The summed E-state index contributed by atoms with van der Waals surface area (Å²) in [7, 11) is 0. The van der Waals surface area contributed by atoms with Gasteiger partial charge in [-0.2, -0.15) is 0 Å². The Hall–Kier alpha value is -1.84. The van der Waals surface area contributed by atoms with Gasteiger partial charge in [-0.15, -0.1) is 0 Å². The van der Waals surface area contributed by atoms with Crippen LogP contribution in [-0.2, 0) is 16.0 Å². The number of rotatable bonds is 8. The molecular formula is C17H24O4. The van der Waals surface area contributed by atoms with Crippen LogP contribution in [0.4, 0.5) is 0 Å². The molecule has 1 unspecified atom stereocenters. The first-order valence-corrected chi connectivity index (χ1v) is 7.35. The second-order valence-electron chi connectivity index (χ2n) is 5.97. The number of carboxylic acid groups (broad SMARTS) is 2. The van der Waals surface area contributed by atoms with Crippen LogP contribution < -0.4 is 0 Å². The summed E-state index contributed by atoms with van der Waals surface area (Å²) in [5.41, 5.74) is -0.751. The molecule has 1 atom stereocenters. The zero-order valence-corrected chi connectivity index (χ0v) is 12.9. The van der Waals surface area contributed by atoms with Crippen molar-refractivity contribution in [2.75, 3.05) is 0 Å². The van der Waals surface area contributed by atoms with Gasteiger partial charge in [0, 0.05) is 0 Å². The van der Waals surface area contributed by atoms with E-state index in [1.807, 2.05) is 51.1 Å². The molecule has 4 nitrogen and oxygen atoms in total. The first-order valence-electron chi connectivity index (χ1n) is 7.35. The lowest BCUT2D eigenvalue weighted by molar-refractivity contribution is -0.171. The molecule has 4 heteroatoms. The minimum Gasteiger partial charge on any atom is -0.480 e. The maximum Gasteiger partial charge on any atom is 0.321 e. The number of hydrogen-bond acceptors (Lipinski definition) is 2. The molecule has 2 N–H and O–H groups in total. The molecule has 0 saturated heterocycles. The minimum atomic E-state index is -1.72. The van der Waals surface area contributed by atoms with Crippen LogP contribution in [0, 0.1) is 17.3 Å². The van der Waals surface area contributed by atoms with Crippen LogP contribution in [0.25, 0.3) is 0 Å². The van der Waals surface area contributed by atoms with E-state index in [4.69, 9.17) is 0 Å². The van der Waals surface area contributed by atoms with Gasteiger partial charge in [0.25, 0.3) is 0 Å². The van der Waals surface area contributed by atoms with Gasteiger partial charge < -0.3 is 10.2 Å². The molecule has 0 aromatic heterocycles. The van der Waals surface area contributed by atoms with Gasteiger partial charge in [-0.3, -0.25) is 9.59 Å². The smallest absolute Gasteiger partial charge is 0.321 e. The molecule has 0 saturated carbocycles. The van der Waals surface area contributed by atoms with E-state index in [0.29, 0.717) is 12.8 Å². The van der Waals surface area contributed by atoms with E-state index in [1.165, 1.54) is 0 Å². The summed E-state index contributed by atoms with van der Waals surface area (Å²) in [5.74, 6) is -2.89. The average Bonchev–Trinajstić information content (AvgIpc) is 2.42. The van der Waals surface area contributed by atoms with Gasteiger partial charge in [-0.1, -0.05) is 57.5 Å². The topological polar surface area (TPSA) is 74.6 Å². The zero-order valence-electron chi connectivity index (χ0n) is 12.9. The molecule has 0 aliphatic heterocycles. The normalized spacial score (nSPS) is 13.1. The highest BCUT2D eigenvalue weighted by Gasteiger charge is 2.52. The molecular weight excluding hydrogens is 268 g/mol. The molecule has 0 bridgehead atoms. The molecule has 0 aliphatic rings. The lowest BCUT2D eigenvalue weighted by Gasteiger charge is -2.34. The molecule has 0 aliphatic carbocycles. The lowest BCUT2D eigenvalue weighted by Crippen LogP contribution is -2.47. The van der Waals surface area contributed by atoms with Crippen LogP contribution in [0.3, 0.4) is 0 Å². The van der Waals surface area contributed by atoms with Gasteiger partial charge in [-0.25, -0.2) is 0 Å². The fraction of sp³-hybridized carbons (Fsp3) is 0.529. The maximum absolute atomic E-state index is 11.8. The molecule has 21 heavy (non-hydrogen) atoms. The fourth-order valence-electron chi connectivity index (χ4n) is 2.99. The Bertz CT molecular complexity index is 465. The predicted octanol–water partition coefficient (Wildman–Crippen LogP) is 3.46. The van der Waals surface area contributed by atoms with Gasteiger partial charge in [-0.05, 0) is 30.2 Å². The summed E-state index contributed by atoms with van der Waals surface area (Å²) >= 11 is 0. The average molecular weight is 292 g/mol. The van der Waals surface area contributed by atoms with Gasteiger partial charge in [0.05, 0.1) is 0 Å². The first kappa shape index (κ1) is 17.2. The third kappa shape index (κ3) is 3.84. The van der Waals surface area contributed by atoms with E-state index in [0.717, 1.165) is 5.56 Å². The number of aliphatic carboxylic acids is 2. The highest BCUT2D eigenvalue weighted by molar-refractivity contribution is 5.98. The van der Waals surface area contributed by atoms with Gasteiger partial charge in [0.1, 0.15) is 0 Å². The Morgan fingerprint density at radius 1 is 1.10 bits per heavy atom. The third-order valence-corrected chi connectivity index (χ3v) is 4.01. The van der Waals surface area contributed by atoms with E-state index in [2.05, 4.69) is 0 Å². The van der Waals surface area contributed by atoms with Crippen molar-refractivity contribution in [3.05, 3.63) is 35.9 Å². The van der Waals surface area contributed by atoms with Crippen LogP contribution in [0.15, 0.2) is 30.3 Å². The molecule has 116 valence electrons. The van der Waals surface area contributed by atoms with E-state index in [-0.39, 0.29) is 12.3 Å². The van der Waals surface area contributed by atoms with E-state index >= 15 is 0 Å². The van der Waals surface area contributed by atoms with E-state index in [9.17, 15) is 19.8 Å². The highest BCUT2D eigenvalue weighted by atomic mass is 16.4. The molecule has 0 fully saturated rings. The third-order valence-electron chi connectivity index (χ3n) is 4.01.